The van der Waals surface area contributed by atoms with Gasteiger partial charge in [0.25, 0.3) is 11.8 Å². The van der Waals surface area contributed by atoms with Crippen LogP contribution in [0.5, 0.6) is 0 Å². The third-order valence-electron chi connectivity index (χ3n) is 7.77. The minimum absolute atomic E-state index is 0.0104. The van der Waals surface area contributed by atoms with Crippen LogP contribution >= 0.6 is 0 Å². The Hall–Kier alpha value is -5.46. The number of amides is 5. The van der Waals surface area contributed by atoms with E-state index in [1.807, 2.05) is 41.5 Å². The second-order valence-corrected chi connectivity index (χ2v) is 15.6. The molecule has 0 saturated carbocycles. The highest BCUT2D eigenvalue weighted by molar-refractivity contribution is 6.06. The van der Waals surface area contributed by atoms with Gasteiger partial charge in [-0.2, -0.15) is 0 Å². The smallest absolute Gasteiger partial charge is 0.408 e. The second kappa shape index (κ2) is 22.0. The van der Waals surface area contributed by atoms with Gasteiger partial charge < -0.3 is 36.1 Å². The van der Waals surface area contributed by atoms with Crippen molar-refractivity contribution in [1.82, 2.24) is 26.6 Å². The maximum atomic E-state index is 14.1. The van der Waals surface area contributed by atoms with Gasteiger partial charge in [0.1, 0.15) is 35.1 Å². The number of carbonyl (C=O) groups excluding carboxylic acids is 6. The van der Waals surface area contributed by atoms with Gasteiger partial charge in [-0.3, -0.25) is 19.2 Å². The van der Waals surface area contributed by atoms with Crippen molar-refractivity contribution >= 4 is 47.8 Å². The van der Waals surface area contributed by atoms with E-state index in [-0.39, 0.29) is 42.0 Å². The summed E-state index contributed by atoms with van der Waals surface area (Å²) in [5.41, 5.74) is 0.0494. The Bertz CT molecular complexity index is 1660. The minimum atomic E-state index is -1.17. The van der Waals surface area contributed by atoms with Crippen molar-refractivity contribution in [3.63, 3.8) is 0 Å². The van der Waals surface area contributed by atoms with Gasteiger partial charge in [0.05, 0.1) is 7.11 Å². The van der Waals surface area contributed by atoms with E-state index < -0.39 is 59.4 Å². The molecule has 13 heteroatoms. The standard InChI is InChI=1S/C42H59N5O8/c1-26(2)21-31(36(48)44-34(25-30-19-15-12-16-20-30)39(51)46-35(23-28(5)6)40(52)54-10)43-38(50)33(24-29-17-13-11-14-18-29)45-37(49)32(22-27(3)4)47-41(53)55-42(7,8)9/h11-20,24-28,31-32,35H,21-23H2,1-10H3,(H,43,50)(H,44,48)(H,45,49)(H,46,51)(H,47,53)/b33-24-,34-25-/t31-,32-,35-/m0/s1. The summed E-state index contributed by atoms with van der Waals surface area (Å²) < 4.78 is 10.3. The molecular formula is C42H59N5O8. The average Bonchev–Trinajstić information content (AvgIpc) is 3.09. The van der Waals surface area contributed by atoms with Crippen molar-refractivity contribution < 1.29 is 38.2 Å². The minimum Gasteiger partial charge on any atom is -0.467 e. The second-order valence-electron chi connectivity index (χ2n) is 15.6. The molecule has 0 unspecified atom stereocenters. The van der Waals surface area contributed by atoms with Gasteiger partial charge in [0.2, 0.25) is 11.8 Å². The highest BCUT2D eigenvalue weighted by Gasteiger charge is 2.31. The van der Waals surface area contributed by atoms with Crippen LogP contribution < -0.4 is 26.6 Å². The maximum Gasteiger partial charge on any atom is 0.408 e. The van der Waals surface area contributed by atoms with Crippen molar-refractivity contribution in [2.24, 2.45) is 17.8 Å². The van der Waals surface area contributed by atoms with E-state index in [0.717, 1.165) is 0 Å². The quantitative estimate of drug-likeness (QED) is 0.0979. The number of hydrogen-bond donors (Lipinski definition) is 5. The third kappa shape index (κ3) is 17.5. The fourth-order valence-corrected chi connectivity index (χ4v) is 5.34. The molecule has 55 heavy (non-hydrogen) atoms. The van der Waals surface area contributed by atoms with Crippen LogP contribution in [0.3, 0.4) is 0 Å². The van der Waals surface area contributed by atoms with Gasteiger partial charge in [-0.15, -0.1) is 0 Å². The fourth-order valence-electron chi connectivity index (χ4n) is 5.34. The van der Waals surface area contributed by atoms with Crippen LogP contribution in [-0.4, -0.2) is 66.5 Å². The summed E-state index contributed by atoms with van der Waals surface area (Å²) in [7, 11) is 1.23. The van der Waals surface area contributed by atoms with Gasteiger partial charge >= 0.3 is 12.1 Å². The first-order valence-corrected chi connectivity index (χ1v) is 18.6. The maximum absolute atomic E-state index is 14.1. The molecule has 0 spiro atoms. The lowest BCUT2D eigenvalue weighted by molar-refractivity contribution is -0.145. The van der Waals surface area contributed by atoms with E-state index in [9.17, 15) is 28.8 Å². The van der Waals surface area contributed by atoms with E-state index in [1.165, 1.54) is 19.3 Å². The molecule has 0 fully saturated rings. The van der Waals surface area contributed by atoms with Crippen LogP contribution in [0.4, 0.5) is 4.79 Å². The zero-order valence-corrected chi connectivity index (χ0v) is 33.8. The summed E-state index contributed by atoms with van der Waals surface area (Å²) in [4.78, 5) is 80.8. The van der Waals surface area contributed by atoms with Crippen molar-refractivity contribution in [3.05, 3.63) is 83.2 Å². The van der Waals surface area contributed by atoms with Gasteiger partial charge in [0.15, 0.2) is 0 Å². The van der Waals surface area contributed by atoms with Crippen LogP contribution in [0.2, 0.25) is 0 Å². The number of rotatable bonds is 18. The Labute approximate surface area is 325 Å². The van der Waals surface area contributed by atoms with Crippen LogP contribution in [-0.2, 0) is 33.4 Å². The summed E-state index contributed by atoms with van der Waals surface area (Å²) in [5, 5.41) is 13.4. The van der Waals surface area contributed by atoms with E-state index >= 15 is 0 Å². The molecule has 3 atom stereocenters. The van der Waals surface area contributed by atoms with Gasteiger partial charge in [0, 0.05) is 0 Å². The molecule has 300 valence electrons. The molecule has 5 N–H and O–H groups in total. The number of benzene rings is 2. The molecule has 2 aromatic rings. The Balaban J connectivity index is 2.49. The number of nitrogens with one attached hydrogen (secondary N) is 5. The Morgan fingerprint density at radius 3 is 1.31 bits per heavy atom. The summed E-state index contributed by atoms with van der Waals surface area (Å²) >= 11 is 0. The molecule has 0 heterocycles. The number of ether oxygens (including phenoxy) is 2. The summed E-state index contributed by atoms with van der Waals surface area (Å²) in [6, 6.07) is 14.4. The highest BCUT2D eigenvalue weighted by atomic mass is 16.6. The Morgan fingerprint density at radius 1 is 0.582 bits per heavy atom. The molecule has 2 rings (SSSR count). The monoisotopic (exact) mass is 761 g/mol. The van der Waals surface area contributed by atoms with Crippen LogP contribution in [0.1, 0.15) is 92.7 Å². The molecule has 0 aliphatic heterocycles. The fraction of sp³-hybridized carbons (Fsp3) is 0.476. The van der Waals surface area contributed by atoms with Crippen molar-refractivity contribution in [1.29, 1.82) is 0 Å². The number of carbonyl (C=O) groups is 6. The molecule has 0 bridgehead atoms. The van der Waals surface area contributed by atoms with Gasteiger partial charge in [-0.1, -0.05) is 102 Å². The van der Waals surface area contributed by atoms with Crippen LogP contribution in [0.25, 0.3) is 12.2 Å². The van der Waals surface area contributed by atoms with Crippen molar-refractivity contribution in [3.8, 4) is 0 Å². The number of hydrogen-bond acceptors (Lipinski definition) is 8. The number of methoxy groups -OCH3 is 1. The molecule has 5 amide bonds. The first kappa shape index (κ1) is 45.7. The van der Waals surface area contributed by atoms with Crippen molar-refractivity contribution in [2.75, 3.05) is 7.11 Å². The van der Waals surface area contributed by atoms with Gasteiger partial charge in [-0.05, 0) is 81.1 Å². The predicted molar refractivity (Wildman–Crippen MR) is 213 cm³/mol. The third-order valence-corrected chi connectivity index (χ3v) is 7.77. The van der Waals surface area contributed by atoms with E-state index in [4.69, 9.17) is 9.47 Å². The van der Waals surface area contributed by atoms with E-state index in [0.29, 0.717) is 17.5 Å². The summed E-state index contributed by atoms with van der Waals surface area (Å²) in [6.45, 7) is 16.4. The number of esters is 1. The first-order valence-electron chi connectivity index (χ1n) is 18.6. The number of alkyl carbamates (subject to hydrolysis) is 1. The Kier molecular flexibility index (Phi) is 18.3. The zero-order chi connectivity index (χ0) is 41.3. The molecule has 0 radical (unpaired) electrons. The van der Waals surface area contributed by atoms with Crippen LogP contribution in [0.15, 0.2) is 72.1 Å². The largest absolute Gasteiger partial charge is 0.467 e. The summed E-state index contributed by atoms with van der Waals surface area (Å²) in [6.07, 6.45) is 2.86. The molecule has 13 nitrogen and oxygen atoms in total. The molecule has 0 aliphatic carbocycles. The first-order chi connectivity index (χ1) is 25.8. The Morgan fingerprint density at radius 2 is 0.945 bits per heavy atom. The molecule has 0 aliphatic rings. The molecule has 0 saturated heterocycles. The van der Waals surface area contributed by atoms with Crippen LogP contribution in [0, 0.1) is 17.8 Å². The molecular weight excluding hydrogens is 702 g/mol. The predicted octanol–water partition coefficient (Wildman–Crippen LogP) is 5.48. The normalized spacial score (nSPS) is 13.7. The summed E-state index contributed by atoms with van der Waals surface area (Å²) in [5.74, 6) is -3.56. The lowest BCUT2D eigenvalue weighted by Crippen LogP contribution is -2.53. The van der Waals surface area contributed by atoms with E-state index in [1.54, 1.807) is 81.4 Å². The lowest BCUT2D eigenvalue weighted by Gasteiger charge is -2.25. The topological polar surface area (TPSA) is 181 Å². The molecule has 0 aromatic heterocycles. The average molecular weight is 762 g/mol. The highest BCUT2D eigenvalue weighted by Crippen LogP contribution is 2.14. The molecule has 2 aromatic carbocycles. The SMILES string of the molecule is COC(=O)[C@H](CC(C)C)NC(=O)/C(=C/c1ccccc1)NC(=O)[C@H](CC(C)C)NC(=O)/C(=C/c1ccccc1)NC(=O)[C@H](CC(C)C)NC(=O)OC(C)(C)C. The van der Waals surface area contributed by atoms with Crippen molar-refractivity contribution in [2.45, 2.75) is 105 Å². The van der Waals surface area contributed by atoms with Gasteiger partial charge in [-0.25, -0.2) is 9.59 Å². The zero-order valence-electron chi connectivity index (χ0n) is 33.8. The lowest BCUT2D eigenvalue weighted by atomic mass is 10.0. The van der Waals surface area contributed by atoms with E-state index in [2.05, 4.69) is 26.6 Å².